The number of carbonyl (C=O) groups excluding carboxylic acids is 1. The zero-order chi connectivity index (χ0) is 14.4. The summed E-state index contributed by atoms with van der Waals surface area (Å²) in [5.74, 6) is 1.32. The van der Waals surface area contributed by atoms with Crippen molar-refractivity contribution in [3.05, 3.63) is 29.3 Å². The molecule has 0 N–H and O–H groups in total. The number of hydrogen-bond acceptors (Lipinski definition) is 2. The van der Waals surface area contributed by atoms with E-state index in [1.165, 1.54) is 0 Å². The first-order valence-electron chi connectivity index (χ1n) is 6.94. The van der Waals surface area contributed by atoms with E-state index in [1.54, 1.807) is 24.3 Å². The lowest BCUT2D eigenvalue weighted by Crippen LogP contribution is -2.38. The predicted octanol–water partition coefficient (Wildman–Crippen LogP) is 3.73. The van der Waals surface area contributed by atoms with Crippen LogP contribution < -0.4 is 4.74 Å². The van der Waals surface area contributed by atoms with E-state index in [2.05, 4.69) is 0 Å². The minimum Gasteiger partial charge on any atom is -0.484 e. The minimum absolute atomic E-state index is 0.0436. The molecule has 1 aromatic carbocycles. The number of hydrogen-bond donors (Lipinski definition) is 0. The molecule has 1 amide bonds. The average Bonchev–Trinajstić information content (AvgIpc) is 2.91. The molecule has 2 rings (SSSR count). The van der Waals surface area contributed by atoms with Gasteiger partial charge < -0.3 is 9.64 Å². The molecule has 1 aliphatic heterocycles. The van der Waals surface area contributed by atoms with Gasteiger partial charge in [0, 0.05) is 23.5 Å². The van der Waals surface area contributed by atoms with Crippen LogP contribution in [0, 0.1) is 0 Å². The van der Waals surface area contributed by atoms with Gasteiger partial charge in [-0.05, 0) is 43.9 Å². The molecule has 3 nitrogen and oxygen atoms in total. The van der Waals surface area contributed by atoms with Crippen molar-refractivity contribution in [1.82, 2.24) is 4.90 Å². The van der Waals surface area contributed by atoms with Gasteiger partial charge >= 0.3 is 0 Å². The number of nitrogens with zero attached hydrogens (tertiary/aromatic N) is 1. The molecule has 0 bridgehead atoms. The Hall–Kier alpha value is -0.930. The molecule has 1 atom stereocenters. The number of likely N-dealkylation sites (tertiary alicyclic amines) is 1. The Balaban J connectivity index is 1.84. The lowest BCUT2D eigenvalue weighted by Gasteiger charge is -2.24. The van der Waals surface area contributed by atoms with E-state index in [4.69, 9.17) is 27.9 Å². The topological polar surface area (TPSA) is 29.5 Å². The van der Waals surface area contributed by atoms with Gasteiger partial charge in [-0.2, -0.15) is 0 Å². The highest BCUT2D eigenvalue weighted by Crippen LogP contribution is 2.22. The first kappa shape index (κ1) is 15.5. The van der Waals surface area contributed by atoms with E-state index in [0.717, 1.165) is 32.2 Å². The fraction of sp³-hybridized carbons (Fsp3) is 0.533. The maximum absolute atomic E-state index is 12.2. The Morgan fingerprint density at radius 3 is 3.05 bits per heavy atom. The highest BCUT2D eigenvalue weighted by molar-refractivity contribution is 6.30. The Bertz CT molecular complexity index is 453. The summed E-state index contributed by atoms with van der Waals surface area (Å²) >= 11 is 11.6. The maximum Gasteiger partial charge on any atom is 0.260 e. The quantitative estimate of drug-likeness (QED) is 0.749. The van der Waals surface area contributed by atoms with Crippen LogP contribution in [0.1, 0.15) is 25.7 Å². The standard InChI is InChI=1S/C15H19Cl2NO2/c16-8-2-5-13-6-3-9-18(13)15(19)11-20-14-7-1-4-12(17)10-14/h1,4,7,10,13H,2-3,5-6,8-9,11H2. The molecule has 1 fully saturated rings. The van der Waals surface area contributed by atoms with Crippen LogP contribution in [0.5, 0.6) is 5.75 Å². The Labute approximate surface area is 129 Å². The van der Waals surface area contributed by atoms with Crippen molar-refractivity contribution < 1.29 is 9.53 Å². The number of amides is 1. The maximum atomic E-state index is 12.2. The second-order valence-corrected chi connectivity index (χ2v) is 5.77. The van der Waals surface area contributed by atoms with Crippen LogP contribution in [0.3, 0.4) is 0 Å². The third kappa shape index (κ3) is 4.29. The summed E-state index contributed by atoms with van der Waals surface area (Å²) in [6, 6.07) is 7.42. The van der Waals surface area contributed by atoms with Crippen molar-refractivity contribution in [1.29, 1.82) is 0 Å². The van der Waals surface area contributed by atoms with Crippen LogP contribution in [-0.2, 0) is 4.79 Å². The molecule has 110 valence electrons. The van der Waals surface area contributed by atoms with Gasteiger partial charge in [-0.15, -0.1) is 11.6 Å². The zero-order valence-electron chi connectivity index (χ0n) is 11.4. The molecule has 0 aromatic heterocycles. The Kier molecular flexibility index (Phi) is 5.99. The highest BCUT2D eigenvalue weighted by atomic mass is 35.5. The highest BCUT2D eigenvalue weighted by Gasteiger charge is 2.28. The number of ether oxygens (including phenoxy) is 1. The van der Waals surface area contributed by atoms with Crippen molar-refractivity contribution in [3.8, 4) is 5.75 Å². The zero-order valence-corrected chi connectivity index (χ0v) is 12.9. The lowest BCUT2D eigenvalue weighted by atomic mass is 10.1. The molecule has 1 heterocycles. The Morgan fingerprint density at radius 2 is 2.30 bits per heavy atom. The Morgan fingerprint density at radius 1 is 1.45 bits per heavy atom. The van der Waals surface area contributed by atoms with Gasteiger partial charge in [-0.1, -0.05) is 17.7 Å². The van der Waals surface area contributed by atoms with E-state index in [1.807, 2.05) is 4.90 Å². The minimum atomic E-state index is 0.0436. The van der Waals surface area contributed by atoms with Crippen LogP contribution in [0.4, 0.5) is 0 Å². The molecule has 1 aliphatic rings. The summed E-state index contributed by atoms with van der Waals surface area (Å²) in [6.07, 6.45) is 4.06. The molecular weight excluding hydrogens is 297 g/mol. The van der Waals surface area contributed by atoms with Crippen molar-refractivity contribution in [2.75, 3.05) is 19.0 Å². The van der Waals surface area contributed by atoms with E-state index in [9.17, 15) is 4.79 Å². The molecular formula is C15H19Cl2NO2. The normalized spacial score (nSPS) is 18.3. The first-order valence-corrected chi connectivity index (χ1v) is 7.86. The monoisotopic (exact) mass is 315 g/mol. The largest absolute Gasteiger partial charge is 0.484 e. The van der Waals surface area contributed by atoms with Gasteiger partial charge in [0.25, 0.3) is 5.91 Å². The van der Waals surface area contributed by atoms with Crippen molar-refractivity contribution in [2.24, 2.45) is 0 Å². The molecule has 0 aliphatic carbocycles. The van der Waals surface area contributed by atoms with E-state index >= 15 is 0 Å². The summed E-state index contributed by atoms with van der Waals surface area (Å²) in [5, 5.41) is 0.608. The summed E-state index contributed by atoms with van der Waals surface area (Å²) in [4.78, 5) is 14.1. The molecule has 0 saturated carbocycles. The van der Waals surface area contributed by atoms with E-state index in [-0.39, 0.29) is 12.5 Å². The summed E-state index contributed by atoms with van der Waals surface area (Å²) in [6.45, 7) is 0.891. The number of carbonyl (C=O) groups is 1. The molecule has 0 spiro atoms. The molecule has 1 unspecified atom stereocenters. The van der Waals surface area contributed by atoms with Gasteiger partial charge in [-0.25, -0.2) is 0 Å². The summed E-state index contributed by atoms with van der Waals surface area (Å²) in [7, 11) is 0. The number of alkyl halides is 1. The smallest absolute Gasteiger partial charge is 0.260 e. The van der Waals surface area contributed by atoms with Crippen LogP contribution >= 0.6 is 23.2 Å². The van der Waals surface area contributed by atoms with Crippen molar-refractivity contribution in [3.63, 3.8) is 0 Å². The first-order chi connectivity index (χ1) is 9.70. The SMILES string of the molecule is O=C(COc1cccc(Cl)c1)N1CCCC1CCCCl. The number of halogens is 2. The molecule has 1 saturated heterocycles. The van der Waals surface area contributed by atoms with Gasteiger partial charge in [0.2, 0.25) is 0 Å². The van der Waals surface area contributed by atoms with Gasteiger partial charge in [-0.3, -0.25) is 4.79 Å². The van der Waals surface area contributed by atoms with Crippen LogP contribution in [0.15, 0.2) is 24.3 Å². The third-order valence-corrected chi connectivity index (χ3v) is 4.03. The van der Waals surface area contributed by atoms with Crippen LogP contribution in [-0.4, -0.2) is 35.9 Å². The third-order valence-electron chi connectivity index (χ3n) is 3.53. The fourth-order valence-electron chi connectivity index (χ4n) is 2.56. The van der Waals surface area contributed by atoms with Crippen LogP contribution in [0.2, 0.25) is 5.02 Å². The van der Waals surface area contributed by atoms with Gasteiger partial charge in [0.05, 0.1) is 0 Å². The summed E-state index contributed by atoms with van der Waals surface area (Å²) in [5.41, 5.74) is 0. The van der Waals surface area contributed by atoms with Crippen molar-refractivity contribution >= 4 is 29.1 Å². The van der Waals surface area contributed by atoms with Gasteiger partial charge in [0.15, 0.2) is 6.61 Å². The number of rotatable bonds is 6. The van der Waals surface area contributed by atoms with Gasteiger partial charge in [0.1, 0.15) is 5.75 Å². The van der Waals surface area contributed by atoms with E-state index < -0.39 is 0 Å². The van der Waals surface area contributed by atoms with Crippen LogP contribution in [0.25, 0.3) is 0 Å². The molecule has 5 heteroatoms. The fourth-order valence-corrected chi connectivity index (χ4v) is 2.90. The summed E-state index contributed by atoms with van der Waals surface area (Å²) < 4.78 is 5.51. The second kappa shape index (κ2) is 7.75. The number of benzene rings is 1. The van der Waals surface area contributed by atoms with E-state index in [0.29, 0.717) is 22.7 Å². The predicted molar refractivity (Wildman–Crippen MR) is 81.6 cm³/mol. The van der Waals surface area contributed by atoms with Crippen molar-refractivity contribution in [2.45, 2.75) is 31.7 Å². The second-order valence-electron chi connectivity index (χ2n) is 4.96. The average molecular weight is 316 g/mol. The molecule has 1 aromatic rings. The lowest BCUT2D eigenvalue weighted by molar-refractivity contribution is -0.134. The molecule has 20 heavy (non-hydrogen) atoms. The molecule has 0 radical (unpaired) electrons.